The fourth-order valence-electron chi connectivity index (χ4n) is 2.78. The Morgan fingerprint density at radius 1 is 1.30 bits per heavy atom. The number of carbonyl (C=O) groups excluding carboxylic acids is 1. The molecule has 1 amide bonds. The van der Waals surface area contributed by atoms with E-state index in [4.69, 9.17) is 10.5 Å². The highest BCUT2D eigenvalue weighted by Gasteiger charge is 2.26. The smallest absolute Gasteiger partial charge is 0.267 e. The molecule has 1 aliphatic heterocycles. The zero-order valence-electron chi connectivity index (χ0n) is 13.3. The summed E-state index contributed by atoms with van der Waals surface area (Å²) in [6.07, 6.45) is 1.74. The van der Waals surface area contributed by atoms with Crippen LogP contribution >= 0.6 is 11.3 Å². The summed E-state index contributed by atoms with van der Waals surface area (Å²) in [4.78, 5) is 16.5. The Labute approximate surface area is 140 Å². The van der Waals surface area contributed by atoms with Gasteiger partial charge in [0.25, 0.3) is 5.91 Å². The van der Waals surface area contributed by atoms with E-state index in [0.29, 0.717) is 17.2 Å². The van der Waals surface area contributed by atoms with Crippen molar-refractivity contribution in [1.82, 2.24) is 4.90 Å². The van der Waals surface area contributed by atoms with Gasteiger partial charge in [0.2, 0.25) is 0 Å². The second kappa shape index (κ2) is 7.15. The zero-order valence-corrected chi connectivity index (χ0v) is 14.1. The fraction of sp³-hybridized carbons (Fsp3) is 0.389. The highest BCUT2D eigenvalue weighted by Crippen LogP contribution is 2.37. The first-order chi connectivity index (χ1) is 11.2. The Balaban J connectivity index is 1.88. The van der Waals surface area contributed by atoms with Gasteiger partial charge in [-0.05, 0) is 31.4 Å². The summed E-state index contributed by atoms with van der Waals surface area (Å²) in [6.45, 7) is 3.94. The van der Waals surface area contributed by atoms with Crippen LogP contribution in [0.15, 0.2) is 36.4 Å². The summed E-state index contributed by atoms with van der Waals surface area (Å²) in [5.41, 5.74) is 7.04. The van der Waals surface area contributed by atoms with Gasteiger partial charge in [0.1, 0.15) is 10.6 Å². The van der Waals surface area contributed by atoms with E-state index in [9.17, 15) is 4.79 Å². The van der Waals surface area contributed by atoms with Crippen LogP contribution in [0.1, 0.15) is 29.4 Å². The van der Waals surface area contributed by atoms with Crippen LogP contribution in [-0.4, -0.2) is 36.5 Å². The highest BCUT2D eigenvalue weighted by atomic mass is 32.1. The third-order valence-corrected chi connectivity index (χ3v) is 5.23. The largest absolute Gasteiger partial charge is 0.492 e. The lowest BCUT2D eigenvalue weighted by atomic mass is 10.1. The van der Waals surface area contributed by atoms with Crippen LogP contribution in [0, 0.1) is 0 Å². The van der Waals surface area contributed by atoms with Gasteiger partial charge >= 0.3 is 0 Å². The molecule has 0 atom stereocenters. The lowest BCUT2D eigenvalue weighted by Crippen LogP contribution is -2.42. The van der Waals surface area contributed by atoms with Gasteiger partial charge in [0.05, 0.1) is 6.61 Å². The van der Waals surface area contributed by atoms with Gasteiger partial charge in [-0.1, -0.05) is 30.3 Å². The molecule has 0 radical (unpaired) electrons. The number of nitrogens with two attached hydrogens (primary N) is 1. The predicted molar refractivity (Wildman–Crippen MR) is 94.0 cm³/mol. The molecule has 2 N–H and O–H groups in total. The Bertz CT molecular complexity index is 661. The molecule has 1 aliphatic rings. The van der Waals surface area contributed by atoms with Crippen LogP contribution < -0.4 is 10.5 Å². The van der Waals surface area contributed by atoms with E-state index in [1.807, 2.05) is 36.1 Å². The number of hydrogen-bond donors (Lipinski definition) is 1. The van der Waals surface area contributed by atoms with E-state index in [-0.39, 0.29) is 11.9 Å². The second-order valence-electron chi connectivity index (χ2n) is 5.73. The van der Waals surface area contributed by atoms with Crippen molar-refractivity contribution < 1.29 is 9.53 Å². The van der Waals surface area contributed by atoms with Gasteiger partial charge in [-0.15, -0.1) is 11.3 Å². The maximum absolute atomic E-state index is 12.9. The number of rotatable bonds is 4. The SMILES string of the molecule is CCOc1cc(-c2ccccc2)sc1C(=O)N1CCC(N)CC1. The zero-order chi connectivity index (χ0) is 16.2. The summed E-state index contributed by atoms with van der Waals surface area (Å²) >= 11 is 1.51. The lowest BCUT2D eigenvalue weighted by molar-refractivity contribution is 0.0716. The number of carbonyl (C=O) groups is 1. The molecule has 122 valence electrons. The molecule has 23 heavy (non-hydrogen) atoms. The van der Waals surface area contributed by atoms with Gasteiger partial charge in [-0.25, -0.2) is 0 Å². The molecule has 2 aromatic rings. The average Bonchev–Trinajstić information content (AvgIpc) is 3.00. The topological polar surface area (TPSA) is 55.6 Å². The van der Waals surface area contributed by atoms with Gasteiger partial charge in [0.15, 0.2) is 0 Å². The van der Waals surface area contributed by atoms with E-state index in [1.165, 1.54) is 11.3 Å². The number of nitrogens with zero attached hydrogens (tertiary/aromatic N) is 1. The molecule has 0 unspecified atom stereocenters. The van der Waals surface area contributed by atoms with Crippen molar-refractivity contribution >= 4 is 17.2 Å². The Kier molecular flexibility index (Phi) is 4.98. The van der Waals surface area contributed by atoms with Crippen molar-refractivity contribution in [2.75, 3.05) is 19.7 Å². The van der Waals surface area contributed by atoms with Crippen LogP contribution in [0.3, 0.4) is 0 Å². The summed E-state index contributed by atoms with van der Waals surface area (Å²) in [6, 6.07) is 12.3. The van der Waals surface area contributed by atoms with Crippen molar-refractivity contribution in [2.24, 2.45) is 5.73 Å². The molecule has 0 saturated carbocycles. The molecular weight excluding hydrogens is 308 g/mol. The van der Waals surface area contributed by atoms with E-state index in [2.05, 4.69) is 12.1 Å². The summed E-state index contributed by atoms with van der Waals surface area (Å²) in [7, 11) is 0. The molecule has 5 heteroatoms. The molecule has 1 aromatic heterocycles. The average molecular weight is 330 g/mol. The first-order valence-corrected chi connectivity index (χ1v) is 8.87. The number of hydrogen-bond acceptors (Lipinski definition) is 4. The number of piperidine rings is 1. The number of amides is 1. The quantitative estimate of drug-likeness (QED) is 0.935. The minimum atomic E-state index is 0.0625. The molecule has 0 aliphatic carbocycles. The van der Waals surface area contributed by atoms with Gasteiger partial charge < -0.3 is 15.4 Å². The molecule has 1 fully saturated rings. The predicted octanol–water partition coefficient (Wildman–Crippen LogP) is 3.38. The van der Waals surface area contributed by atoms with Crippen molar-refractivity contribution in [1.29, 1.82) is 0 Å². The minimum absolute atomic E-state index is 0.0625. The van der Waals surface area contributed by atoms with Crippen LogP contribution in [-0.2, 0) is 0 Å². The van der Waals surface area contributed by atoms with Crippen LogP contribution in [0.5, 0.6) is 5.75 Å². The maximum atomic E-state index is 12.9. The van der Waals surface area contributed by atoms with Crippen molar-refractivity contribution in [2.45, 2.75) is 25.8 Å². The van der Waals surface area contributed by atoms with Crippen molar-refractivity contribution in [3.63, 3.8) is 0 Å². The molecule has 1 aromatic carbocycles. The highest BCUT2D eigenvalue weighted by molar-refractivity contribution is 7.17. The summed E-state index contributed by atoms with van der Waals surface area (Å²) in [5.74, 6) is 0.753. The Hall–Kier alpha value is -1.85. The number of benzene rings is 1. The minimum Gasteiger partial charge on any atom is -0.492 e. The molecule has 0 bridgehead atoms. The number of likely N-dealkylation sites (tertiary alicyclic amines) is 1. The standard InChI is InChI=1S/C18H22N2O2S/c1-2-22-15-12-16(13-6-4-3-5-7-13)23-17(15)18(21)20-10-8-14(19)9-11-20/h3-7,12,14H,2,8-11,19H2,1H3. The van der Waals surface area contributed by atoms with E-state index < -0.39 is 0 Å². The molecule has 4 nitrogen and oxygen atoms in total. The maximum Gasteiger partial charge on any atom is 0.267 e. The van der Waals surface area contributed by atoms with Crippen molar-refractivity contribution in [3.05, 3.63) is 41.3 Å². The normalized spacial score (nSPS) is 15.7. The fourth-order valence-corrected chi connectivity index (χ4v) is 3.85. The number of ether oxygens (including phenoxy) is 1. The van der Waals surface area contributed by atoms with Crippen LogP contribution in [0.25, 0.3) is 10.4 Å². The Morgan fingerprint density at radius 3 is 2.65 bits per heavy atom. The second-order valence-corrected chi connectivity index (χ2v) is 6.78. The summed E-state index contributed by atoms with van der Waals surface area (Å²) in [5, 5.41) is 0. The first-order valence-electron chi connectivity index (χ1n) is 8.06. The molecule has 0 spiro atoms. The van der Waals surface area contributed by atoms with E-state index in [1.54, 1.807) is 0 Å². The monoisotopic (exact) mass is 330 g/mol. The molecule has 2 heterocycles. The van der Waals surface area contributed by atoms with E-state index >= 15 is 0 Å². The third-order valence-electron chi connectivity index (χ3n) is 4.08. The van der Waals surface area contributed by atoms with Gasteiger partial charge in [-0.2, -0.15) is 0 Å². The molecular formula is C18H22N2O2S. The van der Waals surface area contributed by atoms with Crippen LogP contribution in [0.2, 0.25) is 0 Å². The van der Waals surface area contributed by atoms with Gasteiger partial charge in [0, 0.05) is 24.0 Å². The number of thiophene rings is 1. The van der Waals surface area contributed by atoms with E-state index in [0.717, 1.165) is 36.4 Å². The molecule has 3 rings (SSSR count). The lowest BCUT2D eigenvalue weighted by Gasteiger charge is -2.30. The third kappa shape index (κ3) is 3.57. The van der Waals surface area contributed by atoms with Crippen LogP contribution in [0.4, 0.5) is 0 Å². The Morgan fingerprint density at radius 2 is 2.00 bits per heavy atom. The van der Waals surface area contributed by atoms with Gasteiger partial charge in [-0.3, -0.25) is 4.79 Å². The first kappa shape index (κ1) is 16.0. The summed E-state index contributed by atoms with van der Waals surface area (Å²) < 4.78 is 5.71. The molecule has 1 saturated heterocycles. The van der Waals surface area contributed by atoms with Crippen molar-refractivity contribution in [3.8, 4) is 16.2 Å².